The van der Waals surface area contributed by atoms with E-state index in [4.69, 9.17) is 9.84 Å². The number of carbonyl (C=O) groups excluding carboxylic acids is 1. The summed E-state index contributed by atoms with van der Waals surface area (Å²) in [6, 6.07) is 4.93. The molecule has 0 fully saturated rings. The highest BCUT2D eigenvalue weighted by molar-refractivity contribution is 5.91. The minimum absolute atomic E-state index is 0.0694. The number of hydrogen-bond acceptors (Lipinski definition) is 3. The van der Waals surface area contributed by atoms with E-state index >= 15 is 0 Å². The molecule has 0 saturated heterocycles. The number of aromatic carboxylic acids is 1. The van der Waals surface area contributed by atoms with Gasteiger partial charge in [-0.1, -0.05) is 12.1 Å². The number of carboxylic acids is 1. The van der Waals surface area contributed by atoms with Crippen molar-refractivity contribution in [1.29, 1.82) is 0 Å². The van der Waals surface area contributed by atoms with Crippen LogP contribution in [0.1, 0.15) is 29.8 Å². The number of nitrogens with zero attached hydrogens (tertiary/aromatic N) is 1. The minimum atomic E-state index is -1.07. The Balaban J connectivity index is 2.84. The Bertz CT molecular complexity index is 482. The first-order valence-electron chi connectivity index (χ1n) is 6.06. The number of carbonyl (C=O) groups is 2. The molecule has 5 heteroatoms. The van der Waals surface area contributed by atoms with Crippen LogP contribution in [0.2, 0.25) is 0 Å². The van der Waals surface area contributed by atoms with Gasteiger partial charge in [0.1, 0.15) is 11.3 Å². The highest BCUT2D eigenvalue weighted by Gasteiger charge is 2.17. The molecule has 1 aromatic carbocycles. The molecule has 0 bridgehead atoms. The molecule has 104 valence electrons. The normalized spacial score (nSPS) is 10.4. The SMILES string of the molecule is Cc1cccc(C(=O)O)c1OCC(=O)N(C)C(C)C. The number of likely N-dealkylation sites (N-methyl/N-ethyl adjacent to an activating group) is 1. The molecule has 0 spiro atoms. The molecular formula is C14H19NO4. The molecule has 0 aliphatic carbocycles. The van der Waals surface area contributed by atoms with Crippen LogP contribution in [0.5, 0.6) is 5.75 Å². The van der Waals surface area contributed by atoms with Crippen molar-refractivity contribution in [1.82, 2.24) is 4.90 Å². The number of aryl methyl sites for hydroxylation is 1. The van der Waals surface area contributed by atoms with Crippen LogP contribution < -0.4 is 4.74 Å². The predicted molar refractivity (Wildman–Crippen MR) is 71.5 cm³/mol. The number of ether oxygens (including phenoxy) is 1. The van der Waals surface area contributed by atoms with E-state index in [9.17, 15) is 9.59 Å². The maximum Gasteiger partial charge on any atom is 0.339 e. The quantitative estimate of drug-likeness (QED) is 0.883. The first-order valence-corrected chi connectivity index (χ1v) is 6.06. The topological polar surface area (TPSA) is 66.8 Å². The van der Waals surface area contributed by atoms with Gasteiger partial charge in [0.05, 0.1) is 0 Å². The Labute approximate surface area is 112 Å². The number of rotatable bonds is 5. The molecule has 0 atom stereocenters. The van der Waals surface area contributed by atoms with Crippen molar-refractivity contribution in [3.8, 4) is 5.75 Å². The molecule has 0 saturated carbocycles. The van der Waals surface area contributed by atoms with Crippen molar-refractivity contribution < 1.29 is 19.4 Å². The van der Waals surface area contributed by atoms with Gasteiger partial charge < -0.3 is 14.7 Å². The summed E-state index contributed by atoms with van der Waals surface area (Å²) in [7, 11) is 1.69. The average molecular weight is 265 g/mol. The van der Waals surface area contributed by atoms with E-state index < -0.39 is 5.97 Å². The third-order valence-electron chi connectivity index (χ3n) is 2.95. The molecule has 1 aromatic rings. The van der Waals surface area contributed by atoms with Crippen LogP contribution in [-0.4, -0.2) is 41.6 Å². The molecule has 5 nitrogen and oxygen atoms in total. The molecule has 1 rings (SSSR count). The second-order valence-electron chi connectivity index (χ2n) is 4.64. The van der Waals surface area contributed by atoms with Crippen LogP contribution in [0, 0.1) is 6.92 Å². The van der Waals surface area contributed by atoms with Crippen LogP contribution in [-0.2, 0) is 4.79 Å². The van der Waals surface area contributed by atoms with Gasteiger partial charge in [-0.3, -0.25) is 4.79 Å². The molecule has 0 aromatic heterocycles. The molecule has 1 amide bonds. The fourth-order valence-electron chi connectivity index (χ4n) is 1.54. The second-order valence-corrected chi connectivity index (χ2v) is 4.64. The summed E-state index contributed by atoms with van der Waals surface area (Å²) in [6.07, 6.45) is 0. The van der Waals surface area contributed by atoms with E-state index in [-0.39, 0.29) is 29.9 Å². The predicted octanol–water partition coefficient (Wildman–Crippen LogP) is 1.94. The Morgan fingerprint density at radius 3 is 2.53 bits per heavy atom. The Morgan fingerprint density at radius 1 is 1.37 bits per heavy atom. The average Bonchev–Trinajstić information content (AvgIpc) is 2.35. The molecule has 1 N–H and O–H groups in total. The van der Waals surface area contributed by atoms with Crippen LogP contribution >= 0.6 is 0 Å². The Morgan fingerprint density at radius 2 is 2.00 bits per heavy atom. The minimum Gasteiger partial charge on any atom is -0.483 e. The summed E-state index contributed by atoms with van der Waals surface area (Å²) in [4.78, 5) is 24.4. The van der Waals surface area contributed by atoms with Crippen molar-refractivity contribution in [3.05, 3.63) is 29.3 Å². The fraction of sp³-hybridized carbons (Fsp3) is 0.429. The second kappa shape index (κ2) is 6.22. The van der Waals surface area contributed by atoms with Gasteiger partial charge in [-0.2, -0.15) is 0 Å². The largest absolute Gasteiger partial charge is 0.483 e. The summed E-state index contributed by atoms with van der Waals surface area (Å²) in [6.45, 7) is 5.38. The van der Waals surface area contributed by atoms with E-state index in [1.54, 1.807) is 31.0 Å². The highest BCUT2D eigenvalue weighted by atomic mass is 16.5. The number of hydrogen-bond donors (Lipinski definition) is 1. The van der Waals surface area contributed by atoms with Crippen LogP contribution in [0.25, 0.3) is 0 Å². The van der Waals surface area contributed by atoms with Gasteiger partial charge in [0.2, 0.25) is 0 Å². The van der Waals surface area contributed by atoms with Gasteiger partial charge in [-0.15, -0.1) is 0 Å². The van der Waals surface area contributed by atoms with Crippen molar-refractivity contribution in [2.45, 2.75) is 26.8 Å². The van der Waals surface area contributed by atoms with Crippen LogP contribution in [0.3, 0.4) is 0 Å². The molecule has 0 heterocycles. The molecule has 0 aliphatic rings. The van der Waals surface area contributed by atoms with E-state index in [1.165, 1.54) is 6.07 Å². The van der Waals surface area contributed by atoms with E-state index in [1.807, 2.05) is 13.8 Å². The first-order chi connectivity index (χ1) is 8.84. The number of para-hydroxylation sites is 1. The molecular weight excluding hydrogens is 246 g/mol. The maximum atomic E-state index is 11.8. The monoisotopic (exact) mass is 265 g/mol. The van der Waals surface area contributed by atoms with Crippen LogP contribution in [0.4, 0.5) is 0 Å². The first kappa shape index (κ1) is 15.0. The number of benzene rings is 1. The van der Waals surface area contributed by atoms with Gasteiger partial charge >= 0.3 is 5.97 Å². The van der Waals surface area contributed by atoms with Gasteiger partial charge in [0, 0.05) is 13.1 Å². The molecule has 0 unspecified atom stereocenters. The third kappa shape index (κ3) is 3.71. The summed E-state index contributed by atoms with van der Waals surface area (Å²) < 4.78 is 5.39. The third-order valence-corrected chi connectivity index (χ3v) is 2.95. The smallest absolute Gasteiger partial charge is 0.339 e. The summed E-state index contributed by atoms with van der Waals surface area (Å²) in [5.41, 5.74) is 0.764. The summed E-state index contributed by atoms with van der Waals surface area (Å²) in [5, 5.41) is 9.08. The summed E-state index contributed by atoms with van der Waals surface area (Å²) in [5.74, 6) is -1.00. The fourth-order valence-corrected chi connectivity index (χ4v) is 1.54. The zero-order valence-electron chi connectivity index (χ0n) is 11.6. The van der Waals surface area contributed by atoms with Crippen molar-refractivity contribution >= 4 is 11.9 Å². The van der Waals surface area contributed by atoms with Gasteiger partial charge in [0.25, 0.3) is 5.91 Å². The van der Waals surface area contributed by atoms with Crippen molar-refractivity contribution in [3.63, 3.8) is 0 Å². The standard InChI is InChI=1S/C14H19NO4/c1-9(2)15(4)12(16)8-19-13-10(3)6-5-7-11(13)14(17)18/h5-7,9H,8H2,1-4H3,(H,17,18). The maximum absolute atomic E-state index is 11.8. The van der Waals surface area contributed by atoms with Crippen molar-refractivity contribution in [2.75, 3.05) is 13.7 Å². The molecule has 0 radical (unpaired) electrons. The van der Waals surface area contributed by atoms with E-state index in [0.717, 1.165) is 0 Å². The van der Waals surface area contributed by atoms with Gasteiger partial charge in [-0.25, -0.2) is 4.79 Å². The number of carboxylic acid groups (broad SMARTS) is 1. The van der Waals surface area contributed by atoms with Crippen molar-refractivity contribution in [2.24, 2.45) is 0 Å². The lowest BCUT2D eigenvalue weighted by Crippen LogP contribution is -2.36. The van der Waals surface area contributed by atoms with E-state index in [2.05, 4.69) is 0 Å². The Kier molecular flexibility index (Phi) is 4.92. The lowest BCUT2D eigenvalue weighted by atomic mass is 10.1. The van der Waals surface area contributed by atoms with Gasteiger partial charge in [-0.05, 0) is 32.4 Å². The van der Waals surface area contributed by atoms with Gasteiger partial charge in [0.15, 0.2) is 6.61 Å². The highest BCUT2D eigenvalue weighted by Crippen LogP contribution is 2.23. The zero-order valence-corrected chi connectivity index (χ0v) is 11.6. The van der Waals surface area contributed by atoms with Crippen LogP contribution in [0.15, 0.2) is 18.2 Å². The zero-order chi connectivity index (χ0) is 14.6. The van der Waals surface area contributed by atoms with E-state index in [0.29, 0.717) is 5.56 Å². The molecule has 19 heavy (non-hydrogen) atoms. The lowest BCUT2D eigenvalue weighted by Gasteiger charge is -2.22. The Hall–Kier alpha value is -2.04. The molecule has 0 aliphatic heterocycles. The number of amides is 1. The lowest BCUT2D eigenvalue weighted by molar-refractivity contribution is -0.133. The summed E-state index contributed by atoms with van der Waals surface area (Å²) >= 11 is 0.